The van der Waals surface area contributed by atoms with Gasteiger partial charge in [0.15, 0.2) is 0 Å². The largest absolute Gasteiger partial charge is 0.386 e. The number of nitrogens with zero attached hydrogens (tertiary/aromatic N) is 1. The summed E-state index contributed by atoms with van der Waals surface area (Å²) < 4.78 is 19.8. The Morgan fingerprint density at radius 2 is 2.19 bits per heavy atom. The summed E-state index contributed by atoms with van der Waals surface area (Å²) in [5.74, 6) is -0.328. The summed E-state index contributed by atoms with van der Waals surface area (Å²) in [7, 11) is 0. The Bertz CT molecular complexity index is 712. The average molecular weight is 285 g/mol. The van der Waals surface area contributed by atoms with Crippen LogP contribution in [0.3, 0.4) is 0 Å². The van der Waals surface area contributed by atoms with Crippen LogP contribution in [0.1, 0.15) is 28.4 Å². The summed E-state index contributed by atoms with van der Waals surface area (Å²) in [5, 5.41) is 9.97. The molecule has 0 aliphatic carbocycles. The number of hydrogen-bond acceptors (Lipinski definition) is 3. The van der Waals surface area contributed by atoms with Gasteiger partial charge in [-0.1, -0.05) is 12.7 Å². The van der Waals surface area contributed by atoms with Crippen LogP contribution in [-0.2, 0) is 11.3 Å². The molecule has 0 radical (unpaired) electrons. The molecule has 1 N–H and O–H groups in total. The van der Waals surface area contributed by atoms with Gasteiger partial charge in [-0.25, -0.2) is 4.39 Å². The molecule has 1 aromatic heterocycles. The fraction of sp³-hybridized carbons (Fsp3) is 0.235. The number of aliphatic hydroxyl groups is 1. The van der Waals surface area contributed by atoms with Crippen molar-refractivity contribution in [3.05, 3.63) is 59.2 Å². The molecule has 0 saturated heterocycles. The zero-order valence-electron chi connectivity index (χ0n) is 11.8. The number of rotatable bonds is 2. The number of pyridine rings is 1. The summed E-state index contributed by atoms with van der Waals surface area (Å²) >= 11 is 0. The summed E-state index contributed by atoms with van der Waals surface area (Å²) in [6.07, 6.45) is 4.16. The van der Waals surface area contributed by atoms with E-state index in [1.54, 1.807) is 24.5 Å². The lowest BCUT2D eigenvalue weighted by molar-refractivity contribution is 0.00981. The zero-order valence-corrected chi connectivity index (χ0v) is 11.8. The van der Waals surface area contributed by atoms with Crippen LogP contribution in [0.5, 0.6) is 0 Å². The van der Waals surface area contributed by atoms with Gasteiger partial charge in [-0.2, -0.15) is 0 Å². The predicted octanol–water partition coefficient (Wildman–Crippen LogP) is 3.40. The van der Waals surface area contributed by atoms with Gasteiger partial charge in [-0.15, -0.1) is 0 Å². The van der Waals surface area contributed by atoms with Crippen molar-refractivity contribution in [2.45, 2.75) is 19.6 Å². The van der Waals surface area contributed by atoms with Crippen LogP contribution in [0.25, 0.3) is 17.2 Å². The minimum Gasteiger partial charge on any atom is -0.386 e. The van der Waals surface area contributed by atoms with Crippen LogP contribution in [0.15, 0.2) is 31.1 Å². The van der Waals surface area contributed by atoms with Gasteiger partial charge in [-0.3, -0.25) is 4.98 Å². The molecular formula is C17H16FNO2. The number of aliphatic hydroxyl groups excluding tert-OH is 1. The van der Waals surface area contributed by atoms with Crippen LogP contribution >= 0.6 is 0 Å². The van der Waals surface area contributed by atoms with E-state index in [4.69, 9.17) is 4.74 Å². The van der Waals surface area contributed by atoms with Gasteiger partial charge in [0.2, 0.25) is 0 Å². The Morgan fingerprint density at radius 1 is 1.38 bits per heavy atom. The van der Waals surface area contributed by atoms with E-state index in [9.17, 15) is 9.50 Å². The van der Waals surface area contributed by atoms with Crippen LogP contribution in [0, 0.1) is 12.7 Å². The third kappa shape index (κ3) is 2.37. The molecule has 1 atom stereocenters. The molecule has 1 aliphatic heterocycles. The second-order valence-electron chi connectivity index (χ2n) is 5.18. The van der Waals surface area contributed by atoms with E-state index >= 15 is 0 Å². The molecule has 0 saturated carbocycles. The van der Waals surface area contributed by atoms with Gasteiger partial charge in [0.25, 0.3) is 0 Å². The third-order valence-corrected chi connectivity index (χ3v) is 3.84. The summed E-state index contributed by atoms with van der Waals surface area (Å²) in [6.45, 7) is 6.19. The second-order valence-corrected chi connectivity index (χ2v) is 5.18. The molecule has 0 spiro atoms. The fourth-order valence-corrected chi connectivity index (χ4v) is 2.67. The van der Waals surface area contributed by atoms with Gasteiger partial charge in [0, 0.05) is 29.1 Å². The van der Waals surface area contributed by atoms with Crippen molar-refractivity contribution in [2.24, 2.45) is 0 Å². The molecule has 2 heterocycles. The fourth-order valence-electron chi connectivity index (χ4n) is 2.67. The third-order valence-electron chi connectivity index (χ3n) is 3.84. The lowest BCUT2D eigenvalue weighted by Gasteiger charge is -2.24. The van der Waals surface area contributed by atoms with E-state index < -0.39 is 6.10 Å². The van der Waals surface area contributed by atoms with Gasteiger partial charge in [0.05, 0.1) is 13.2 Å². The highest BCUT2D eigenvalue weighted by Gasteiger charge is 2.23. The number of ether oxygens (including phenoxy) is 1. The highest BCUT2D eigenvalue weighted by atomic mass is 19.1. The van der Waals surface area contributed by atoms with Crippen LogP contribution in [0.2, 0.25) is 0 Å². The Kier molecular flexibility index (Phi) is 3.57. The van der Waals surface area contributed by atoms with Crippen molar-refractivity contribution in [3.8, 4) is 11.1 Å². The zero-order chi connectivity index (χ0) is 15.0. The molecular weight excluding hydrogens is 269 g/mol. The quantitative estimate of drug-likeness (QED) is 0.919. The Balaban J connectivity index is 2.20. The van der Waals surface area contributed by atoms with E-state index in [1.165, 1.54) is 6.07 Å². The van der Waals surface area contributed by atoms with Crippen LogP contribution in [-0.4, -0.2) is 16.7 Å². The molecule has 2 aromatic rings. The Hall–Kier alpha value is -2.04. The number of benzene rings is 1. The monoisotopic (exact) mass is 285 g/mol. The Labute approximate surface area is 122 Å². The minimum absolute atomic E-state index is 0.245. The summed E-state index contributed by atoms with van der Waals surface area (Å²) in [6, 6.07) is 3.25. The maximum atomic E-state index is 14.4. The first-order chi connectivity index (χ1) is 10.1. The lowest BCUT2D eigenvalue weighted by Crippen LogP contribution is -2.17. The van der Waals surface area contributed by atoms with Crippen molar-refractivity contribution < 1.29 is 14.2 Å². The van der Waals surface area contributed by atoms with E-state index in [1.807, 2.05) is 6.92 Å². The standard InChI is InChI=1S/C17H16FNO2/c1-3-11-5-16(18)12(4-10(11)2)13-6-19-7-14-15(13)8-21-9-17(14)20/h3-7,17,20H,1,8-9H2,2H3. The minimum atomic E-state index is -0.710. The van der Waals surface area contributed by atoms with E-state index in [0.29, 0.717) is 23.3 Å². The van der Waals surface area contributed by atoms with Crippen molar-refractivity contribution in [1.82, 2.24) is 4.98 Å². The number of hydrogen-bond donors (Lipinski definition) is 1. The first-order valence-corrected chi connectivity index (χ1v) is 6.77. The van der Waals surface area contributed by atoms with Gasteiger partial charge in [-0.05, 0) is 35.7 Å². The van der Waals surface area contributed by atoms with E-state index in [2.05, 4.69) is 11.6 Å². The number of aryl methyl sites for hydroxylation is 1. The molecule has 4 heteroatoms. The molecule has 0 fully saturated rings. The highest BCUT2D eigenvalue weighted by Crippen LogP contribution is 2.34. The maximum Gasteiger partial charge on any atom is 0.131 e. The molecule has 3 nitrogen and oxygen atoms in total. The average Bonchev–Trinajstić information content (AvgIpc) is 2.49. The number of aromatic nitrogens is 1. The summed E-state index contributed by atoms with van der Waals surface area (Å²) in [5.41, 5.74) is 4.36. The first kappa shape index (κ1) is 13.9. The van der Waals surface area contributed by atoms with E-state index in [-0.39, 0.29) is 12.4 Å². The van der Waals surface area contributed by atoms with Crippen molar-refractivity contribution >= 4 is 6.08 Å². The van der Waals surface area contributed by atoms with Crippen LogP contribution in [0.4, 0.5) is 4.39 Å². The molecule has 0 amide bonds. The topological polar surface area (TPSA) is 42.4 Å². The number of fused-ring (bicyclic) bond motifs is 1. The molecule has 1 aliphatic rings. The normalized spacial score (nSPS) is 17.4. The summed E-state index contributed by atoms with van der Waals surface area (Å²) in [4.78, 5) is 4.14. The van der Waals surface area contributed by atoms with Crippen LogP contribution < -0.4 is 0 Å². The maximum absolute atomic E-state index is 14.4. The van der Waals surface area contributed by atoms with Gasteiger partial charge < -0.3 is 9.84 Å². The first-order valence-electron chi connectivity index (χ1n) is 6.77. The number of halogens is 1. The molecule has 1 aromatic carbocycles. The lowest BCUT2D eigenvalue weighted by atomic mass is 9.92. The molecule has 0 bridgehead atoms. The van der Waals surface area contributed by atoms with Crippen molar-refractivity contribution in [1.29, 1.82) is 0 Å². The highest BCUT2D eigenvalue weighted by molar-refractivity contribution is 5.71. The predicted molar refractivity (Wildman–Crippen MR) is 79.1 cm³/mol. The molecule has 21 heavy (non-hydrogen) atoms. The smallest absolute Gasteiger partial charge is 0.131 e. The molecule has 3 rings (SSSR count). The second kappa shape index (κ2) is 5.39. The Morgan fingerprint density at radius 3 is 2.95 bits per heavy atom. The SMILES string of the molecule is C=Cc1cc(F)c(-c2cncc3c2COCC3O)cc1C. The van der Waals surface area contributed by atoms with Gasteiger partial charge in [0.1, 0.15) is 11.9 Å². The van der Waals surface area contributed by atoms with Crippen molar-refractivity contribution in [2.75, 3.05) is 6.61 Å². The molecule has 108 valence electrons. The van der Waals surface area contributed by atoms with E-state index in [0.717, 1.165) is 16.7 Å². The van der Waals surface area contributed by atoms with Crippen molar-refractivity contribution in [3.63, 3.8) is 0 Å². The molecule has 1 unspecified atom stereocenters. The van der Waals surface area contributed by atoms with Gasteiger partial charge >= 0.3 is 0 Å².